The van der Waals surface area contributed by atoms with E-state index in [9.17, 15) is 9.59 Å². The number of amides is 2. The number of anilines is 1. The van der Waals surface area contributed by atoms with Gasteiger partial charge >= 0.3 is 6.03 Å². The van der Waals surface area contributed by atoms with Crippen LogP contribution in [0.1, 0.15) is 22.8 Å². The Morgan fingerprint density at radius 3 is 2.73 bits per heavy atom. The summed E-state index contributed by atoms with van der Waals surface area (Å²) >= 11 is 0. The zero-order valence-electron chi connectivity index (χ0n) is 8.83. The Bertz CT molecular complexity index is 375. The summed E-state index contributed by atoms with van der Waals surface area (Å²) in [7, 11) is 1.54. The van der Waals surface area contributed by atoms with Crippen molar-refractivity contribution in [2.24, 2.45) is 0 Å². The minimum absolute atomic E-state index is 0.295. The summed E-state index contributed by atoms with van der Waals surface area (Å²) in [5, 5.41) is 5.05. The molecule has 15 heavy (non-hydrogen) atoms. The molecule has 1 rings (SSSR count). The highest BCUT2D eigenvalue weighted by Crippen LogP contribution is 2.14. The van der Waals surface area contributed by atoms with Crippen LogP contribution in [0.3, 0.4) is 0 Å². The van der Waals surface area contributed by atoms with E-state index in [1.54, 1.807) is 12.1 Å². The van der Waals surface area contributed by atoms with Crippen LogP contribution < -0.4 is 10.6 Å². The highest BCUT2D eigenvalue weighted by molar-refractivity contribution is 5.90. The maximum absolute atomic E-state index is 11.0. The third-order valence-corrected chi connectivity index (χ3v) is 2.14. The number of rotatable bonds is 3. The van der Waals surface area contributed by atoms with Gasteiger partial charge in [0.15, 0.2) is 0 Å². The average Bonchev–Trinajstić information content (AvgIpc) is 2.28. The first-order chi connectivity index (χ1) is 7.21. The van der Waals surface area contributed by atoms with Gasteiger partial charge in [-0.25, -0.2) is 4.79 Å². The van der Waals surface area contributed by atoms with E-state index in [0.717, 1.165) is 18.3 Å². The molecule has 0 saturated carbocycles. The smallest absolute Gasteiger partial charge is 0.318 e. The first-order valence-corrected chi connectivity index (χ1v) is 4.78. The normalized spacial score (nSPS) is 9.47. The number of aryl methyl sites for hydroxylation is 1. The molecule has 0 saturated heterocycles. The molecule has 2 N–H and O–H groups in total. The molecule has 4 nitrogen and oxygen atoms in total. The standard InChI is InChI=1S/C11H14N2O2/c1-3-8-4-5-10(6-9(8)7-14)13-11(15)12-2/h4-7H,3H2,1-2H3,(H2,12,13,15). The summed E-state index contributed by atoms with van der Waals surface area (Å²) in [5.41, 5.74) is 2.22. The van der Waals surface area contributed by atoms with Gasteiger partial charge in [-0.15, -0.1) is 0 Å². The molecule has 0 aromatic heterocycles. The summed E-state index contributed by atoms with van der Waals surface area (Å²) in [6.45, 7) is 1.98. The van der Waals surface area contributed by atoms with Crippen molar-refractivity contribution in [3.63, 3.8) is 0 Å². The largest absolute Gasteiger partial charge is 0.341 e. The Labute approximate surface area is 88.7 Å². The second-order valence-corrected chi connectivity index (χ2v) is 3.09. The Morgan fingerprint density at radius 1 is 1.47 bits per heavy atom. The van der Waals surface area contributed by atoms with Crippen LogP contribution in [0.5, 0.6) is 0 Å². The average molecular weight is 206 g/mol. The van der Waals surface area contributed by atoms with E-state index in [1.165, 1.54) is 7.05 Å². The Hall–Kier alpha value is -1.84. The number of nitrogens with one attached hydrogen (secondary N) is 2. The molecular formula is C11H14N2O2. The molecular weight excluding hydrogens is 192 g/mol. The Balaban J connectivity index is 2.92. The van der Waals surface area contributed by atoms with Gasteiger partial charge in [0.05, 0.1) is 0 Å². The summed E-state index contributed by atoms with van der Waals surface area (Å²) < 4.78 is 0. The van der Waals surface area contributed by atoms with Crippen LogP contribution in [-0.4, -0.2) is 19.4 Å². The summed E-state index contributed by atoms with van der Waals surface area (Å²) in [6, 6.07) is 4.99. The number of urea groups is 1. The number of aldehydes is 1. The lowest BCUT2D eigenvalue weighted by Gasteiger charge is -2.07. The molecule has 0 aliphatic carbocycles. The minimum atomic E-state index is -0.295. The fourth-order valence-corrected chi connectivity index (χ4v) is 1.30. The van der Waals surface area contributed by atoms with Crippen molar-refractivity contribution in [1.29, 1.82) is 0 Å². The maximum Gasteiger partial charge on any atom is 0.318 e. The van der Waals surface area contributed by atoms with Crippen LogP contribution in [0.2, 0.25) is 0 Å². The van der Waals surface area contributed by atoms with Crippen LogP contribution >= 0.6 is 0 Å². The molecule has 80 valence electrons. The SMILES string of the molecule is CCc1ccc(NC(=O)NC)cc1C=O. The van der Waals surface area contributed by atoms with Gasteiger partial charge in [0.25, 0.3) is 0 Å². The lowest BCUT2D eigenvalue weighted by Crippen LogP contribution is -2.24. The fraction of sp³-hybridized carbons (Fsp3) is 0.273. The van der Waals surface area contributed by atoms with E-state index in [2.05, 4.69) is 10.6 Å². The number of carbonyl (C=O) groups excluding carboxylic acids is 2. The third kappa shape index (κ3) is 2.80. The second kappa shape index (κ2) is 5.14. The topological polar surface area (TPSA) is 58.2 Å². The van der Waals surface area contributed by atoms with Gasteiger partial charge in [0.1, 0.15) is 6.29 Å². The minimum Gasteiger partial charge on any atom is -0.341 e. The van der Waals surface area contributed by atoms with E-state index in [4.69, 9.17) is 0 Å². The number of hydrogen-bond donors (Lipinski definition) is 2. The molecule has 0 radical (unpaired) electrons. The number of benzene rings is 1. The lowest BCUT2D eigenvalue weighted by atomic mass is 10.1. The van der Waals surface area contributed by atoms with Gasteiger partial charge in [0, 0.05) is 18.3 Å². The van der Waals surface area contributed by atoms with Crippen molar-refractivity contribution in [3.8, 4) is 0 Å². The van der Waals surface area contributed by atoms with Gasteiger partial charge in [-0.05, 0) is 24.1 Å². The second-order valence-electron chi connectivity index (χ2n) is 3.09. The highest BCUT2D eigenvalue weighted by atomic mass is 16.2. The number of hydrogen-bond acceptors (Lipinski definition) is 2. The van der Waals surface area contributed by atoms with Crippen LogP contribution in [0.4, 0.5) is 10.5 Å². The van der Waals surface area contributed by atoms with E-state index in [1.807, 2.05) is 13.0 Å². The summed E-state index contributed by atoms with van der Waals surface area (Å²) in [6.07, 6.45) is 1.60. The van der Waals surface area contributed by atoms with Crippen LogP contribution in [0, 0.1) is 0 Å². The van der Waals surface area contributed by atoms with E-state index in [0.29, 0.717) is 11.3 Å². The zero-order chi connectivity index (χ0) is 11.3. The van der Waals surface area contributed by atoms with Crippen molar-refractivity contribution in [2.45, 2.75) is 13.3 Å². The van der Waals surface area contributed by atoms with E-state index in [-0.39, 0.29) is 6.03 Å². The van der Waals surface area contributed by atoms with E-state index >= 15 is 0 Å². The zero-order valence-corrected chi connectivity index (χ0v) is 8.83. The molecule has 4 heteroatoms. The highest BCUT2D eigenvalue weighted by Gasteiger charge is 2.03. The van der Waals surface area contributed by atoms with Crippen molar-refractivity contribution in [2.75, 3.05) is 12.4 Å². The van der Waals surface area contributed by atoms with Gasteiger partial charge < -0.3 is 10.6 Å². The maximum atomic E-state index is 11.0. The predicted molar refractivity (Wildman–Crippen MR) is 59.3 cm³/mol. The predicted octanol–water partition coefficient (Wildman–Crippen LogP) is 1.81. The molecule has 0 aliphatic heterocycles. The van der Waals surface area contributed by atoms with Crippen molar-refractivity contribution >= 4 is 18.0 Å². The Kier molecular flexibility index (Phi) is 3.85. The molecule has 1 aromatic carbocycles. The molecule has 0 aliphatic rings. The first kappa shape index (κ1) is 11.2. The van der Waals surface area contributed by atoms with Gasteiger partial charge in [-0.3, -0.25) is 4.79 Å². The van der Waals surface area contributed by atoms with Crippen LogP contribution in [0.25, 0.3) is 0 Å². The summed E-state index contributed by atoms with van der Waals surface area (Å²) in [4.78, 5) is 21.8. The molecule has 0 unspecified atom stereocenters. The molecule has 0 atom stereocenters. The monoisotopic (exact) mass is 206 g/mol. The molecule has 0 spiro atoms. The molecule has 1 aromatic rings. The van der Waals surface area contributed by atoms with Crippen LogP contribution in [-0.2, 0) is 6.42 Å². The lowest BCUT2D eigenvalue weighted by molar-refractivity contribution is 0.112. The van der Waals surface area contributed by atoms with Crippen LogP contribution in [0.15, 0.2) is 18.2 Å². The molecule has 2 amide bonds. The van der Waals surface area contributed by atoms with Crippen molar-refractivity contribution in [1.82, 2.24) is 5.32 Å². The van der Waals surface area contributed by atoms with E-state index < -0.39 is 0 Å². The third-order valence-electron chi connectivity index (χ3n) is 2.14. The van der Waals surface area contributed by atoms with Gasteiger partial charge in [-0.2, -0.15) is 0 Å². The first-order valence-electron chi connectivity index (χ1n) is 4.78. The molecule has 0 bridgehead atoms. The van der Waals surface area contributed by atoms with Gasteiger partial charge in [0.2, 0.25) is 0 Å². The van der Waals surface area contributed by atoms with Crippen molar-refractivity contribution in [3.05, 3.63) is 29.3 Å². The van der Waals surface area contributed by atoms with Gasteiger partial charge in [-0.1, -0.05) is 13.0 Å². The fourth-order valence-electron chi connectivity index (χ4n) is 1.30. The Morgan fingerprint density at radius 2 is 2.20 bits per heavy atom. The number of carbonyl (C=O) groups is 2. The van der Waals surface area contributed by atoms with Crippen molar-refractivity contribution < 1.29 is 9.59 Å². The molecule has 0 fully saturated rings. The molecule has 0 heterocycles. The summed E-state index contributed by atoms with van der Waals surface area (Å²) in [5.74, 6) is 0. The quantitative estimate of drug-likeness (QED) is 0.741.